The molecule has 8 heteroatoms. The quantitative estimate of drug-likeness (QED) is 0.849. The van der Waals surface area contributed by atoms with Crippen LogP contribution in [0.1, 0.15) is 11.7 Å². The lowest BCUT2D eigenvalue weighted by Crippen LogP contribution is -2.31. The van der Waals surface area contributed by atoms with E-state index in [1.807, 2.05) is 0 Å². The monoisotopic (exact) mass is 299 g/mol. The Kier molecular flexibility index (Phi) is 5.45. The number of ether oxygens (including phenoxy) is 1. The van der Waals surface area contributed by atoms with Crippen LogP contribution in [0.5, 0.6) is 0 Å². The molecular formula is C11H13F4NO2S. The van der Waals surface area contributed by atoms with E-state index in [-0.39, 0.29) is 4.90 Å². The van der Waals surface area contributed by atoms with Crippen LogP contribution >= 0.6 is 0 Å². The SMILES string of the molecule is CO[C@H](c1ccc(S(=O)C(F)(F)F)cc1)[C@H](N)CF. The summed E-state index contributed by atoms with van der Waals surface area (Å²) in [4.78, 5) is -0.375. The van der Waals surface area contributed by atoms with Crippen molar-refractivity contribution in [3.8, 4) is 0 Å². The summed E-state index contributed by atoms with van der Waals surface area (Å²) in [6, 6.07) is 3.81. The Labute approximate surface area is 110 Å². The van der Waals surface area contributed by atoms with Gasteiger partial charge in [0.15, 0.2) is 10.8 Å². The Bertz CT molecular complexity index is 435. The van der Waals surface area contributed by atoms with Crippen LogP contribution in [0.25, 0.3) is 0 Å². The van der Waals surface area contributed by atoms with Gasteiger partial charge in [0.2, 0.25) is 0 Å². The molecule has 1 rings (SSSR count). The number of halogens is 4. The summed E-state index contributed by atoms with van der Waals surface area (Å²) in [5.41, 5.74) is 1.11. The lowest BCUT2D eigenvalue weighted by atomic mass is 10.0. The molecule has 0 aliphatic rings. The highest BCUT2D eigenvalue weighted by Gasteiger charge is 2.38. The minimum Gasteiger partial charge on any atom is -0.375 e. The maximum Gasteiger partial charge on any atom is 0.475 e. The number of alkyl halides is 4. The van der Waals surface area contributed by atoms with Gasteiger partial charge in [-0.25, -0.2) is 8.60 Å². The van der Waals surface area contributed by atoms with Gasteiger partial charge in [-0.05, 0) is 17.7 Å². The second kappa shape index (κ2) is 6.44. The molecule has 19 heavy (non-hydrogen) atoms. The predicted octanol–water partition coefficient (Wildman–Crippen LogP) is 2.30. The van der Waals surface area contributed by atoms with E-state index < -0.39 is 35.1 Å². The van der Waals surface area contributed by atoms with E-state index in [1.165, 1.54) is 19.2 Å². The molecule has 108 valence electrons. The minimum absolute atomic E-state index is 0.375. The fourth-order valence-electron chi connectivity index (χ4n) is 1.55. The van der Waals surface area contributed by atoms with E-state index >= 15 is 0 Å². The van der Waals surface area contributed by atoms with Crippen molar-refractivity contribution in [2.75, 3.05) is 13.8 Å². The average molecular weight is 299 g/mol. The molecule has 0 fully saturated rings. The molecule has 1 aromatic carbocycles. The summed E-state index contributed by atoms with van der Waals surface area (Å²) < 4.78 is 65.3. The zero-order chi connectivity index (χ0) is 14.6. The first kappa shape index (κ1) is 16.1. The van der Waals surface area contributed by atoms with Crippen molar-refractivity contribution in [1.29, 1.82) is 0 Å². The van der Waals surface area contributed by atoms with E-state index in [9.17, 15) is 21.8 Å². The van der Waals surface area contributed by atoms with Gasteiger partial charge in [0.25, 0.3) is 0 Å². The van der Waals surface area contributed by atoms with Gasteiger partial charge in [-0.1, -0.05) is 12.1 Å². The minimum atomic E-state index is -4.81. The molecule has 0 amide bonds. The maximum absolute atomic E-state index is 12.5. The highest BCUT2D eigenvalue weighted by Crippen LogP contribution is 2.28. The standard InChI is InChI=1S/C11H13F4NO2S/c1-18-10(9(16)6-12)7-2-4-8(5-3-7)19(17)11(13,14)15/h2-5,9-10H,6,16H2,1H3/t9-,10-,19?/m1/s1. The Morgan fingerprint density at radius 3 is 2.21 bits per heavy atom. The lowest BCUT2D eigenvalue weighted by Gasteiger charge is -2.20. The van der Waals surface area contributed by atoms with Crippen molar-refractivity contribution in [2.45, 2.75) is 22.5 Å². The maximum atomic E-state index is 12.5. The van der Waals surface area contributed by atoms with Crippen molar-refractivity contribution < 1.29 is 26.5 Å². The van der Waals surface area contributed by atoms with E-state index in [1.54, 1.807) is 0 Å². The van der Waals surface area contributed by atoms with Crippen LogP contribution in [0.4, 0.5) is 17.6 Å². The zero-order valence-corrected chi connectivity index (χ0v) is 10.8. The molecule has 3 nitrogen and oxygen atoms in total. The van der Waals surface area contributed by atoms with Gasteiger partial charge in [0.05, 0.1) is 12.1 Å². The molecule has 0 aliphatic carbocycles. The van der Waals surface area contributed by atoms with E-state index in [0.717, 1.165) is 12.1 Å². The van der Waals surface area contributed by atoms with Crippen molar-refractivity contribution in [3.05, 3.63) is 29.8 Å². The van der Waals surface area contributed by atoms with Crippen LogP contribution in [0, 0.1) is 0 Å². The van der Waals surface area contributed by atoms with Gasteiger partial charge in [-0.15, -0.1) is 0 Å². The number of methoxy groups -OCH3 is 1. The van der Waals surface area contributed by atoms with Gasteiger partial charge in [0, 0.05) is 12.0 Å². The second-order valence-corrected chi connectivity index (χ2v) is 5.23. The Balaban J connectivity index is 2.96. The second-order valence-electron chi connectivity index (χ2n) is 3.76. The van der Waals surface area contributed by atoms with E-state index in [4.69, 9.17) is 10.5 Å². The van der Waals surface area contributed by atoms with Crippen molar-refractivity contribution in [2.24, 2.45) is 5.73 Å². The molecule has 1 aromatic rings. The first-order valence-corrected chi connectivity index (χ1v) is 6.39. The van der Waals surface area contributed by atoms with Crippen LogP contribution in [-0.2, 0) is 15.5 Å². The van der Waals surface area contributed by atoms with Crippen LogP contribution < -0.4 is 5.73 Å². The first-order chi connectivity index (χ1) is 8.81. The first-order valence-electron chi connectivity index (χ1n) is 5.24. The van der Waals surface area contributed by atoms with Crippen molar-refractivity contribution in [3.63, 3.8) is 0 Å². The van der Waals surface area contributed by atoms with Gasteiger partial charge < -0.3 is 10.5 Å². The molecule has 0 saturated heterocycles. The smallest absolute Gasteiger partial charge is 0.375 e. The van der Waals surface area contributed by atoms with Gasteiger partial charge in [0.1, 0.15) is 6.67 Å². The lowest BCUT2D eigenvalue weighted by molar-refractivity contribution is -0.0384. The molecule has 0 radical (unpaired) electrons. The number of nitrogens with two attached hydrogens (primary N) is 1. The Morgan fingerprint density at radius 1 is 1.32 bits per heavy atom. The van der Waals surface area contributed by atoms with Crippen LogP contribution in [0.2, 0.25) is 0 Å². The van der Waals surface area contributed by atoms with Gasteiger partial charge in [-0.2, -0.15) is 13.2 Å². The van der Waals surface area contributed by atoms with Gasteiger partial charge in [-0.3, -0.25) is 0 Å². The Hall–Kier alpha value is -0.990. The molecule has 0 heterocycles. The average Bonchev–Trinajstić information content (AvgIpc) is 2.38. The normalized spacial score (nSPS) is 16.9. The molecule has 3 atom stereocenters. The van der Waals surface area contributed by atoms with Crippen LogP contribution in [0.15, 0.2) is 29.2 Å². The van der Waals surface area contributed by atoms with Crippen molar-refractivity contribution in [1.82, 2.24) is 0 Å². The molecular weight excluding hydrogens is 286 g/mol. The third-order valence-electron chi connectivity index (χ3n) is 2.45. The molecule has 0 aromatic heterocycles. The third kappa shape index (κ3) is 3.99. The largest absolute Gasteiger partial charge is 0.475 e. The number of rotatable bonds is 5. The summed E-state index contributed by atoms with van der Waals surface area (Å²) >= 11 is 0. The molecule has 0 aliphatic heterocycles. The number of hydrogen-bond acceptors (Lipinski definition) is 3. The fourth-order valence-corrected chi connectivity index (χ4v) is 2.20. The van der Waals surface area contributed by atoms with Gasteiger partial charge >= 0.3 is 5.51 Å². The highest BCUT2D eigenvalue weighted by atomic mass is 32.2. The summed E-state index contributed by atoms with van der Waals surface area (Å²) in [6.07, 6.45) is -0.765. The predicted molar refractivity (Wildman–Crippen MR) is 62.6 cm³/mol. The molecule has 1 unspecified atom stereocenters. The van der Waals surface area contributed by atoms with Crippen LogP contribution in [-0.4, -0.2) is 29.5 Å². The summed E-state index contributed by atoms with van der Waals surface area (Å²) in [6.45, 7) is -0.825. The molecule has 0 saturated carbocycles. The van der Waals surface area contributed by atoms with E-state index in [2.05, 4.69) is 0 Å². The zero-order valence-electron chi connectivity index (χ0n) is 9.99. The number of benzene rings is 1. The Morgan fingerprint density at radius 2 is 1.84 bits per heavy atom. The third-order valence-corrected chi connectivity index (χ3v) is 3.57. The fraction of sp³-hybridized carbons (Fsp3) is 0.455. The topological polar surface area (TPSA) is 52.3 Å². The molecule has 0 bridgehead atoms. The van der Waals surface area contributed by atoms with E-state index in [0.29, 0.717) is 5.56 Å². The summed E-state index contributed by atoms with van der Waals surface area (Å²) in [5, 5.41) is 0. The summed E-state index contributed by atoms with van der Waals surface area (Å²) in [5.74, 6) is 0. The summed E-state index contributed by atoms with van der Waals surface area (Å²) in [7, 11) is -1.76. The highest BCUT2D eigenvalue weighted by molar-refractivity contribution is 7.86. The number of hydrogen-bond donors (Lipinski definition) is 1. The molecule has 0 spiro atoms. The van der Waals surface area contributed by atoms with Crippen LogP contribution in [0.3, 0.4) is 0 Å². The van der Waals surface area contributed by atoms with Crippen molar-refractivity contribution >= 4 is 10.8 Å². The molecule has 2 N–H and O–H groups in total.